The van der Waals surface area contributed by atoms with Gasteiger partial charge >= 0.3 is 5.97 Å². The summed E-state index contributed by atoms with van der Waals surface area (Å²) in [6.45, 7) is 10.0. The molecule has 2 saturated heterocycles. The fraction of sp³-hybridized carbons (Fsp3) is 0.762. The Kier molecular flexibility index (Phi) is 10.7. The van der Waals surface area contributed by atoms with Crippen molar-refractivity contribution in [1.29, 1.82) is 0 Å². The van der Waals surface area contributed by atoms with Crippen molar-refractivity contribution in [1.82, 2.24) is 15.1 Å². The van der Waals surface area contributed by atoms with Crippen LogP contribution in [-0.2, 0) is 19.1 Å². The summed E-state index contributed by atoms with van der Waals surface area (Å²) >= 11 is 0. The van der Waals surface area contributed by atoms with Gasteiger partial charge in [0, 0.05) is 63.3 Å². The smallest absolute Gasteiger partial charge is 0.307 e. The lowest BCUT2D eigenvalue weighted by molar-refractivity contribution is -0.143. The third-order valence-electron chi connectivity index (χ3n) is 5.35. The quantitative estimate of drug-likeness (QED) is 0.336. The first-order valence-electron chi connectivity index (χ1n) is 10.8. The second-order valence-electron chi connectivity index (χ2n) is 7.45. The molecule has 1 N–H and O–H groups in total. The van der Waals surface area contributed by atoms with Crippen LogP contribution in [0.3, 0.4) is 0 Å². The number of amides is 1. The number of rotatable bonds is 10. The first-order chi connectivity index (χ1) is 14.1. The van der Waals surface area contributed by atoms with E-state index in [9.17, 15) is 9.59 Å². The Labute approximate surface area is 174 Å². The Hall–Kier alpha value is -1.93. The third kappa shape index (κ3) is 8.95. The van der Waals surface area contributed by atoms with Crippen molar-refractivity contribution in [3.8, 4) is 0 Å². The summed E-state index contributed by atoms with van der Waals surface area (Å²) in [4.78, 5) is 32.5. The van der Waals surface area contributed by atoms with Crippen molar-refractivity contribution in [2.24, 2.45) is 4.99 Å². The Balaban J connectivity index is 1.58. The molecule has 0 aromatic rings. The molecule has 2 aliphatic rings. The summed E-state index contributed by atoms with van der Waals surface area (Å²) < 4.78 is 10.3. The molecule has 0 bridgehead atoms. The average molecular weight is 409 g/mol. The molecule has 0 aromatic heterocycles. The number of carbonyl (C=O) groups is 2. The maximum absolute atomic E-state index is 12.5. The first kappa shape index (κ1) is 23.3. The zero-order valence-electron chi connectivity index (χ0n) is 17.9. The predicted molar refractivity (Wildman–Crippen MR) is 113 cm³/mol. The maximum atomic E-state index is 12.5. The van der Waals surface area contributed by atoms with E-state index in [1.165, 1.54) is 0 Å². The number of hydrogen-bond acceptors (Lipinski definition) is 7. The molecular weight excluding hydrogens is 372 g/mol. The van der Waals surface area contributed by atoms with E-state index in [2.05, 4.69) is 15.2 Å². The topological polar surface area (TPSA) is 83.5 Å². The van der Waals surface area contributed by atoms with E-state index in [0.717, 1.165) is 57.9 Å². The molecule has 0 saturated carbocycles. The Morgan fingerprint density at radius 1 is 1.14 bits per heavy atom. The summed E-state index contributed by atoms with van der Waals surface area (Å²) in [6, 6.07) is 0.590. The largest absolute Gasteiger partial charge is 0.466 e. The highest BCUT2D eigenvalue weighted by Crippen LogP contribution is 2.18. The number of morpholine rings is 1. The standard InChI is InChI=1S/C21H36N4O4/c1-3-29-21(27)6-9-22-10-11-23-18(2)4-5-20(26)25-12-7-19(8-13-25)24-14-16-28-17-15-24/h10-11,19,22H,3-9,12-17H2,1-2H3/b11-10-,23-18+. The normalized spacial score (nSPS) is 19.5. The number of piperidine rings is 1. The molecular formula is C21H36N4O4. The van der Waals surface area contributed by atoms with E-state index < -0.39 is 0 Å². The zero-order chi connectivity index (χ0) is 20.9. The predicted octanol–water partition coefficient (Wildman–Crippen LogP) is 1.56. The van der Waals surface area contributed by atoms with Gasteiger partial charge in [0.2, 0.25) is 5.91 Å². The van der Waals surface area contributed by atoms with Gasteiger partial charge < -0.3 is 19.7 Å². The van der Waals surface area contributed by atoms with Crippen LogP contribution in [0.15, 0.2) is 17.4 Å². The van der Waals surface area contributed by atoms with Crippen molar-refractivity contribution in [2.45, 2.75) is 52.0 Å². The van der Waals surface area contributed by atoms with E-state index in [1.807, 2.05) is 11.8 Å². The molecule has 0 unspecified atom stereocenters. The highest BCUT2D eigenvalue weighted by Gasteiger charge is 2.27. The highest BCUT2D eigenvalue weighted by molar-refractivity contribution is 5.87. The fourth-order valence-electron chi connectivity index (χ4n) is 3.64. The van der Waals surface area contributed by atoms with E-state index in [0.29, 0.717) is 38.5 Å². The molecule has 2 aliphatic heterocycles. The molecule has 29 heavy (non-hydrogen) atoms. The molecule has 0 radical (unpaired) electrons. The van der Waals surface area contributed by atoms with Crippen molar-refractivity contribution in [2.75, 3.05) is 52.5 Å². The Bertz CT molecular complexity index is 565. The van der Waals surface area contributed by atoms with Gasteiger partial charge in [-0.2, -0.15) is 0 Å². The van der Waals surface area contributed by atoms with E-state index in [-0.39, 0.29) is 11.9 Å². The van der Waals surface area contributed by atoms with Gasteiger partial charge in [0.1, 0.15) is 0 Å². The number of nitrogens with one attached hydrogen (secondary N) is 1. The van der Waals surface area contributed by atoms with Crippen molar-refractivity contribution in [3.05, 3.63) is 12.4 Å². The third-order valence-corrected chi connectivity index (χ3v) is 5.35. The van der Waals surface area contributed by atoms with Crippen molar-refractivity contribution < 1.29 is 19.1 Å². The molecule has 2 rings (SSSR count). The van der Waals surface area contributed by atoms with Crippen LogP contribution < -0.4 is 5.32 Å². The van der Waals surface area contributed by atoms with Gasteiger partial charge in [-0.25, -0.2) is 0 Å². The minimum absolute atomic E-state index is 0.208. The van der Waals surface area contributed by atoms with Gasteiger partial charge in [0.05, 0.1) is 26.2 Å². The number of ether oxygens (including phenoxy) is 2. The van der Waals surface area contributed by atoms with Gasteiger partial charge in [-0.1, -0.05) is 0 Å². The molecule has 2 heterocycles. The van der Waals surface area contributed by atoms with Crippen LogP contribution in [0.1, 0.15) is 46.0 Å². The van der Waals surface area contributed by atoms with Crippen LogP contribution >= 0.6 is 0 Å². The number of esters is 1. The first-order valence-corrected chi connectivity index (χ1v) is 10.8. The minimum atomic E-state index is -0.208. The lowest BCUT2D eigenvalue weighted by atomic mass is 10.0. The lowest BCUT2D eigenvalue weighted by Crippen LogP contribution is -2.50. The summed E-state index contributed by atoms with van der Waals surface area (Å²) in [5.74, 6) is 0.0112. The zero-order valence-corrected chi connectivity index (χ0v) is 17.9. The second-order valence-corrected chi connectivity index (χ2v) is 7.45. The summed E-state index contributed by atoms with van der Waals surface area (Å²) in [5, 5.41) is 3.00. The highest BCUT2D eigenvalue weighted by atomic mass is 16.5. The van der Waals surface area contributed by atoms with Crippen molar-refractivity contribution >= 4 is 17.6 Å². The maximum Gasteiger partial charge on any atom is 0.307 e. The molecule has 0 aromatic carbocycles. The number of nitrogens with zero attached hydrogens (tertiary/aromatic N) is 3. The minimum Gasteiger partial charge on any atom is -0.466 e. The molecule has 2 fully saturated rings. The van der Waals surface area contributed by atoms with E-state index in [4.69, 9.17) is 9.47 Å². The molecule has 0 atom stereocenters. The van der Waals surface area contributed by atoms with Crippen LogP contribution in [0.4, 0.5) is 0 Å². The van der Waals surface area contributed by atoms with Gasteiger partial charge in [-0.3, -0.25) is 19.5 Å². The van der Waals surface area contributed by atoms with Gasteiger partial charge in [-0.15, -0.1) is 0 Å². The van der Waals surface area contributed by atoms with Crippen LogP contribution in [0.25, 0.3) is 0 Å². The monoisotopic (exact) mass is 408 g/mol. The molecule has 164 valence electrons. The van der Waals surface area contributed by atoms with Gasteiger partial charge in [-0.05, 0) is 33.1 Å². The van der Waals surface area contributed by atoms with Gasteiger partial charge in [0.15, 0.2) is 0 Å². The number of aliphatic imine (C=N–C) groups is 1. The van der Waals surface area contributed by atoms with Gasteiger partial charge in [0.25, 0.3) is 0 Å². The molecule has 0 spiro atoms. The molecule has 8 heteroatoms. The van der Waals surface area contributed by atoms with E-state index >= 15 is 0 Å². The summed E-state index contributed by atoms with van der Waals surface area (Å²) in [7, 11) is 0. The Morgan fingerprint density at radius 3 is 2.55 bits per heavy atom. The van der Waals surface area contributed by atoms with Crippen LogP contribution in [0.2, 0.25) is 0 Å². The number of likely N-dealkylation sites (tertiary alicyclic amines) is 1. The van der Waals surface area contributed by atoms with Crippen molar-refractivity contribution in [3.63, 3.8) is 0 Å². The van der Waals surface area contributed by atoms with Crippen LogP contribution in [0.5, 0.6) is 0 Å². The number of hydrogen-bond donors (Lipinski definition) is 1. The molecule has 1 amide bonds. The summed E-state index contributed by atoms with van der Waals surface area (Å²) in [6.07, 6.45) is 6.98. The molecule has 0 aliphatic carbocycles. The molecule has 8 nitrogen and oxygen atoms in total. The lowest BCUT2D eigenvalue weighted by Gasteiger charge is -2.40. The summed E-state index contributed by atoms with van der Waals surface area (Å²) in [5.41, 5.74) is 0.921. The Morgan fingerprint density at radius 2 is 1.86 bits per heavy atom. The van der Waals surface area contributed by atoms with Crippen LogP contribution in [0, 0.1) is 0 Å². The number of carbonyl (C=O) groups excluding carboxylic acids is 2. The van der Waals surface area contributed by atoms with Crippen LogP contribution in [-0.4, -0.2) is 86.0 Å². The fourth-order valence-corrected chi connectivity index (χ4v) is 3.64. The second kappa shape index (κ2) is 13.3. The van der Waals surface area contributed by atoms with E-state index in [1.54, 1.807) is 19.3 Å². The SMILES string of the molecule is CCOC(=O)CCN/C=C\N=C(/C)CCC(=O)N1CCC(N2CCOCC2)CC1. The average Bonchev–Trinajstić information content (AvgIpc) is 2.75.